The normalized spacial score (nSPS) is 15.9. The van der Waals surface area contributed by atoms with Crippen LogP contribution in [0.4, 0.5) is 0 Å². The molecule has 0 N–H and O–H groups in total. The lowest BCUT2D eigenvalue weighted by molar-refractivity contribution is -0.139. The summed E-state index contributed by atoms with van der Waals surface area (Å²) in [6.07, 6.45) is 5.92. The summed E-state index contributed by atoms with van der Waals surface area (Å²) in [4.78, 5) is 34.0. The van der Waals surface area contributed by atoms with Crippen molar-refractivity contribution in [2.75, 3.05) is 19.1 Å². The monoisotopic (exact) mass is 496 g/mol. The molecule has 1 aliphatic heterocycles. The van der Waals surface area contributed by atoms with E-state index in [1.165, 1.54) is 11.3 Å². The number of carbonyl (C=O) groups is 1. The standard InChI is InChI=1S/C25H24N2O3S3/c1-5-30-24(29)21-15(2)26-25-27(22(21)17-8-12-19(32-4)13-9-17)23(28)20(33-25)14-16-6-10-18(31-3)11-7-16/h6-14,22H,5H2,1-4H3/b20-14+/t22-/m0/s1. The minimum Gasteiger partial charge on any atom is -0.463 e. The van der Waals surface area contributed by atoms with Crippen LogP contribution in [0.25, 0.3) is 6.08 Å². The fraction of sp³-hybridized carbons (Fsp3) is 0.240. The van der Waals surface area contributed by atoms with Crippen LogP contribution < -0.4 is 14.9 Å². The quantitative estimate of drug-likeness (QED) is 0.377. The van der Waals surface area contributed by atoms with Crippen LogP contribution in [-0.2, 0) is 9.53 Å². The molecule has 0 bridgehead atoms. The molecule has 1 aromatic heterocycles. The number of rotatable bonds is 6. The maximum Gasteiger partial charge on any atom is 0.338 e. The maximum absolute atomic E-state index is 13.6. The number of ether oxygens (including phenoxy) is 1. The van der Waals surface area contributed by atoms with E-state index in [1.807, 2.05) is 67.1 Å². The molecule has 1 aliphatic rings. The summed E-state index contributed by atoms with van der Waals surface area (Å²) in [7, 11) is 0. The largest absolute Gasteiger partial charge is 0.463 e. The maximum atomic E-state index is 13.6. The SMILES string of the molecule is CCOC(=O)C1=C(C)N=c2s/c(=C/c3ccc(SC)cc3)c(=O)n2[C@H]1c1ccc(SC)cc1. The van der Waals surface area contributed by atoms with E-state index in [1.54, 1.807) is 41.9 Å². The Morgan fingerprint density at radius 3 is 2.27 bits per heavy atom. The van der Waals surface area contributed by atoms with Crippen LogP contribution >= 0.6 is 34.9 Å². The number of carbonyl (C=O) groups excluding carboxylic acids is 1. The number of thioether (sulfide) groups is 2. The molecular formula is C25H24N2O3S3. The van der Waals surface area contributed by atoms with Crippen LogP contribution in [0, 0.1) is 0 Å². The average molecular weight is 497 g/mol. The Hall–Kier alpha value is -2.55. The van der Waals surface area contributed by atoms with Crippen molar-refractivity contribution in [2.24, 2.45) is 4.99 Å². The molecule has 0 saturated carbocycles. The number of hydrogen-bond acceptors (Lipinski definition) is 7. The molecule has 2 heterocycles. The molecule has 0 spiro atoms. The van der Waals surface area contributed by atoms with E-state index in [0.717, 1.165) is 20.9 Å². The third-order valence-electron chi connectivity index (χ3n) is 5.36. The highest BCUT2D eigenvalue weighted by Gasteiger charge is 2.33. The highest BCUT2D eigenvalue weighted by molar-refractivity contribution is 7.98. The third-order valence-corrected chi connectivity index (χ3v) is 7.83. The number of allylic oxidation sites excluding steroid dienone is 1. The fourth-order valence-corrected chi connectivity index (χ4v) is 5.61. The molecule has 170 valence electrons. The lowest BCUT2D eigenvalue weighted by Gasteiger charge is -2.24. The van der Waals surface area contributed by atoms with Crippen LogP contribution in [0.5, 0.6) is 0 Å². The van der Waals surface area contributed by atoms with Gasteiger partial charge in [0.05, 0.1) is 28.5 Å². The molecule has 0 radical (unpaired) electrons. The molecule has 8 heteroatoms. The van der Waals surface area contributed by atoms with Crippen LogP contribution in [0.1, 0.15) is 31.0 Å². The van der Waals surface area contributed by atoms with Crippen LogP contribution in [0.2, 0.25) is 0 Å². The Bertz CT molecular complexity index is 1380. The van der Waals surface area contributed by atoms with Gasteiger partial charge in [-0.05, 0) is 67.8 Å². The number of thiazole rings is 1. The van der Waals surface area contributed by atoms with Crippen molar-refractivity contribution in [3.8, 4) is 0 Å². The van der Waals surface area contributed by atoms with Crippen LogP contribution in [-0.4, -0.2) is 29.7 Å². The molecule has 2 aromatic carbocycles. The first-order chi connectivity index (χ1) is 16.0. The van der Waals surface area contributed by atoms with Gasteiger partial charge in [-0.25, -0.2) is 9.79 Å². The lowest BCUT2D eigenvalue weighted by Crippen LogP contribution is -2.39. The number of aromatic nitrogens is 1. The van der Waals surface area contributed by atoms with Crippen LogP contribution in [0.15, 0.2) is 79.4 Å². The molecule has 0 unspecified atom stereocenters. The van der Waals surface area contributed by atoms with E-state index in [-0.39, 0.29) is 12.2 Å². The second kappa shape index (κ2) is 10.2. The first kappa shape index (κ1) is 23.6. The van der Waals surface area contributed by atoms with Gasteiger partial charge in [0.2, 0.25) is 0 Å². The molecule has 33 heavy (non-hydrogen) atoms. The van der Waals surface area contributed by atoms with Crippen molar-refractivity contribution in [3.63, 3.8) is 0 Å². The highest BCUT2D eigenvalue weighted by atomic mass is 32.2. The van der Waals surface area contributed by atoms with Gasteiger partial charge in [-0.3, -0.25) is 9.36 Å². The molecule has 5 nitrogen and oxygen atoms in total. The molecule has 0 amide bonds. The summed E-state index contributed by atoms with van der Waals surface area (Å²) in [5.41, 5.74) is 2.60. The first-order valence-corrected chi connectivity index (χ1v) is 13.7. The van der Waals surface area contributed by atoms with E-state index in [4.69, 9.17) is 4.74 Å². The van der Waals surface area contributed by atoms with Crippen molar-refractivity contribution in [3.05, 3.63) is 90.6 Å². The van der Waals surface area contributed by atoms with Gasteiger partial charge in [0.25, 0.3) is 5.56 Å². The van der Waals surface area contributed by atoms with Gasteiger partial charge in [-0.1, -0.05) is 35.6 Å². The molecule has 3 aromatic rings. The number of esters is 1. The summed E-state index contributed by atoms with van der Waals surface area (Å²) in [6.45, 7) is 3.82. The third kappa shape index (κ3) is 4.74. The second-order valence-electron chi connectivity index (χ2n) is 7.35. The topological polar surface area (TPSA) is 60.7 Å². The Morgan fingerprint density at radius 2 is 1.70 bits per heavy atom. The Labute approximate surface area is 204 Å². The average Bonchev–Trinajstić information content (AvgIpc) is 3.13. The predicted octanol–water partition coefficient (Wildman–Crippen LogP) is 4.24. The van der Waals surface area contributed by atoms with Gasteiger partial charge in [-0.2, -0.15) is 0 Å². The van der Waals surface area contributed by atoms with Gasteiger partial charge in [-0.15, -0.1) is 23.5 Å². The van der Waals surface area contributed by atoms with E-state index in [2.05, 4.69) is 4.99 Å². The second-order valence-corrected chi connectivity index (χ2v) is 10.1. The lowest BCUT2D eigenvalue weighted by atomic mass is 9.96. The summed E-state index contributed by atoms with van der Waals surface area (Å²) in [5.74, 6) is -0.445. The molecular weight excluding hydrogens is 472 g/mol. The van der Waals surface area contributed by atoms with E-state index in [9.17, 15) is 9.59 Å². The fourth-order valence-electron chi connectivity index (χ4n) is 3.74. The number of nitrogens with zero attached hydrogens (tertiary/aromatic N) is 2. The Kier molecular flexibility index (Phi) is 7.26. The minimum atomic E-state index is -0.586. The van der Waals surface area contributed by atoms with Crippen LogP contribution in [0.3, 0.4) is 0 Å². The Balaban J connectivity index is 1.90. The van der Waals surface area contributed by atoms with Crippen molar-refractivity contribution < 1.29 is 9.53 Å². The molecule has 1 atom stereocenters. The van der Waals surface area contributed by atoms with Gasteiger partial charge in [0, 0.05) is 9.79 Å². The first-order valence-electron chi connectivity index (χ1n) is 10.4. The highest BCUT2D eigenvalue weighted by Crippen LogP contribution is 2.31. The minimum absolute atomic E-state index is 0.166. The van der Waals surface area contributed by atoms with Crippen molar-refractivity contribution in [2.45, 2.75) is 29.7 Å². The zero-order valence-corrected chi connectivity index (χ0v) is 21.3. The van der Waals surface area contributed by atoms with Crippen molar-refractivity contribution >= 4 is 46.9 Å². The van der Waals surface area contributed by atoms with Gasteiger partial charge < -0.3 is 4.74 Å². The molecule has 0 saturated heterocycles. The molecule has 0 fully saturated rings. The van der Waals surface area contributed by atoms with E-state index >= 15 is 0 Å². The number of fused-ring (bicyclic) bond motifs is 1. The molecule has 4 rings (SSSR count). The van der Waals surface area contributed by atoms with Gasteiger partial charge in [0.1, 0.15) is 0 Å². The predicted molar refractivity (Wildman–Crippen MR) is 137 cm³/mol. The molecule has 0 aliphatic carbocycles. The zero-order chi connectivity index (χ0) is 23.5. The van der Waals surface area contributed by atoms with Gasteiger partial charge >= 0.3 is 5.97 Å². The summed E-state index contributed by atoms with van der Waals surface area (Å²) >= 11 is 4.65. The number of hydrogen-bond donors (Lipinski definition) is 0. The van der Waals surface area contributed by atoms with Crippen molar-refractivity contribution in [1.29, 1.82) is 0 Å². The zero-order valence-electron chi connectivity index (χ0n) is 18.8. The van der Waals surface area contributed by atoms with Crippen molar-refractivity contribution in [1.82, 2.24) is 4.57 Å². The van der Waals surface area contributed by atoms with E-state index in [0.29, 0.717) is 20.6 Å². The smallest absolute Gasteiger partial charge is 0.338 e. The number of benzene rings is 2. The van der Waals surface area contributed by atoms with E-state index < -0.39 is 12.0 Å². The summed E-state index contributed by atoms with van der Waals surface area (Å²) < 4.78 is 7.55. The summed E-state index contributed by atoms with van der Waals surface area (Å²) in [5, 5.41) is 0. The summed E-state index contributed by atoms with van der Waals surface area (Å²) in [6, 6.07) is 15.4. The van der Waals surface area contributed by atoms with Gasteiger partial charge in [0.15, 0.2) is 4.80 Å². The Morgan fingerprint density at radius 1 is 1.09 bits per heavy atom.